The van der Waals surface area contributed by atoms with Crippen molar-refractivity contribution in [1.29, 1.82) is 0 Å². The molecule has 1 aliphatic heterocycles. The summed E-state index contributed by atoms with van der Waals surface area (Å²) >= 11 is 0. The standard InChI is InChI=1S/C29H49N3O10/c1-2-41-27(24-40-21-20-39-19-17-37-14-9-28(33)34)32-12-10-30-22-26(32)8-13-36-16-18-38-15-11-31-29(35)42-23-25-6-4-3-5-7-25/h3-7,26-27,30H,2,8-24H2,1H3,(H,31,35)(H,33,34). The van der Waals surface area contributed by atoms with Crippen molar-refractivity contribution in [2.24, 2.45) is 0 Å². The molecule has 1 fully saturated rings. The van der Waals surface area contributed by atoms with Crippen molar-refractivity contribution in [3.8, 4) is 0 Å². The Morgan fingerprint density at radius 2 is 1.62 bits per heavy atom. The van der Waals surface area contributed by atoms with Gasteiger partial charge in [-0.15, -0.1) is 0 Å². The monoisotopic (exact) mass is 599 g/mol. The fourth-order valence-corrected chi connectivity index (χ4v) is 4.18. The van der Waals surface area contributed by atoms with Crippen molar-refractivity contribution in [1.82, 2.24) is 15.5 Å². The number of aliphatic carboxylic acids is 1. The summed E-state index contributed by atoms with van der Waals surface area (Å²) in [7, 11) is 0. The van der Waals surface area contributed by atoms with Crippen molar-refractivity contribution in [2.75, 3.05) is 98.9 Å². The van der Waals surface area contributed by atoms with Crippen LogP contribution in [0.15, 0.2) is 30.3 Å². The second-order valence-corrected chi connectivity index (χ2v) is 9.45. The van der Waals surface area contributed by atoms with Crippen molar-refractivity contribution in [2.45, 2.75) is 38.6 Å². The lowest BCUT2D eigenvalue weighted by Crippen LogP contribution is -2.57. The Kier molecular flexibility index (Phi) is 20.6. The summed E-state index contributed by atoms with van der Waals surface area (Å²) in [6.07, 6.45) is 0.211. The Balaban J connectivity index is 1.50. The molecule has 1 heterocycles. The van der Waals surface area contributed by atoms with Crippen LogP contribution >= 0.6 is 0 Å². The van der Waals surface area contributed by atoms with Gasteiger partial charge in [0.05, 0.1) is 65.9 Å². The largest absolute Gasteiger partial charge is 0.481 e. The summed E-state index contributed by atoms with van der Waals surface area (Å²) in [5.41, 5.74) is 0.937. The highest BCUT2D eigenvalue weighted by Crippen LogP contribution is 2.14. The number of carboxylic acid groups (broad SMARTS) is 1. The number of benzene rings is 1. The summed E-state index contributed by atoms with van der Waals surface area (Å²) < 4.78 is 39.0. The first kappa shape index (κ1) is 35.8. The third-order valence-corrected chi connectivity index (χ3v) is 6.29. The lowest BCUT2D eigenvalue weighted by molar-refractivity contribution is -0.138. The minimum absolute atomic E-state index is 0.00948. The second-order valence-electron chi connectivity index (χ2n) is 9.45. The van der Waals surface area contributed by atoms with E-state index < -0.39 is 12.1 Å². The maximum Gasteiger partial charge on any atom is 0.407 e. The molecule has 0 aliphatic carbocycles. The molecule has 1 saturated heterocycles. The van der Waals surface area contributed by atoms with E-state index in [1.54, 1.807) is 0 Å². The molecular weight excluding hydrogens is 550 g/mol. The zero-order valence-electron chi connectivity index (χ0n) is 24.8. The molecule has 1 aliphatic rings. The van der Waals surface area contributed by atoms with Crippen molar-refractivity contribution in [3.63, 3.8) is 0 Å². The molecule has 3 N–H and O–H groups in total. The van der Waals surface area contributed by atoms with Gasteiger partial charge in [-0.05, 0) is 18.9 Å². The van der Waals surface area contributed by atoms with Crippen LogP contribution in [0.1, 0.15) is 25.3 Å². The van der Waals surface area contributed by atoms with E-state index in [1.165, 1.54) is 0 Å². The van der Waals surface area contributed by atoms with Crippen LogP contribution in [-0.2, 0) is 44.6 Å². The normalized spacial score (nSPS) is 16.3. The van der Waals surface area contributed by atoms with Crippen LogP contribution < -0.4 is 10.6 Å². The Morgan fingerprint density at radius 1 is 0.952 bits per heavy atom. The summed E-state index contributed by atoms with van der Waals surface area (Å²) in [6.45, 7) is 9.87. The predicted molar refractivity (Wildman–Crippen MR) is 154 cm³/mol. The third kappa shape index (κ3) is 17.6. The maximum absolute atomic E-state index is 11.7. The van der Waals surface area contributed by atoms with Gasteiger partial charge in [-0.2, -0.15) is 0 Å². The molecule has 13 nitrogen and oxygen atoms in total. The van der Waals surface area contributed by atoms with Crippen LogP contribution in [0.5, 0.6) is 0 Å². The summed E-state index contributed by atoms with van der Waals surface area (Å²) in [6, 6.07) is 9.78. The second kappa shape index (κ2) is 24.1. The molecule has 0 aromatic heterocycles. The molecule has 0 saturated carbocycles. The Morgan fingerprint density at radius 3 is 2.33 bits per heavy atom. The molecule has 2 atom stereocenters. The van der Waals surface area contributed by atoms with Crippen molar-refractivity contribution >= 4 is 12.1 Å². The van der Waals surface area contributed by atoms with E-state index in [9.17, 15) is 9.59 Å². The minimum atomic E-state index is -0.876. The molecule has 2 unspecified atom stereocenters. The quantitative estimate of drug-likeness (QED) is 0.140. The highest BCUT2D eigenvalue weighted by molar-refractivity contribution is 5.67. The van der Waals surface area contributed by atoms with Gasteiger partial charge in [0.1, 0.15) is 12.8 Å². The van der Waals surface area contributed by atoms with Gasteiger partial charge in [0.25, 0.3) is 0 Å². The summed E-state index contributed by atoms with van der Waals surface area (Å²) in [5.74, 6) is -0.876. The van der Waals surface area contributed by atoms with Crippen LogP contribution in [-0.4, -0.2) is 133 Å². The van der Waals surface area contributed by atoms with Crippen LogP contribution in [0.3, 0.4) is 0 Å². The molecule has 1 amide bonds. The molecule has 240 valence electrons. The lowest BCUT2D eigenvalue weighted by Gasteiger charge is -2.41. The van der Waals surface area contributed by atoms with Crippen LogP contribution in [0.2, 0.25) is 0 Å². The minimum Gasteiger partial charge on any atom is -0.481 e. The van der Waals surface area contributed by atoms with E-state index in [0.29, 0.717) is 72.6 Å². The Bertz CT molecular complexity index is 820. The van der Waals surface area contributed by atoms with Crippen LogP contribution in [0.25, 0.3) is 0 Å². The van der Waals surface area contributed by atoms with Gasteiger partial charge in [-0.25, -0.2) is 4.79 Å². The topological polar surface area (TPSA) is 146 Å². The number of carboxylic acids is 1. The SMILES string of the molecule is CCOC(COCCOCCOCCC(=O)O)N1CCNCC1CCOCCOCCNC(=O)OCc1ccccc1. The van der Waals surface area contributed by atoms with Crippen LogP contribution in [0, 0.1) is 0 Å². The Hall–Kier alpha value is -2.36. The van der Waals surface area contributed by atoms with Gasteiger partial charge in [0.2, 0.25) is 0 Å². The van der Waals surface area contributed by atoms with E-state index in [0.717, 1.165) is 31.6 Å². The van der Waals surface area contributed by atoms with E-state index in [-0.39, 0.29) is 31.9 Å². The number of piperazine rings is 1. The van der Waals surface area contributed by atoms with Gasteiger partial charge in [0.15, 0.2) is 0 Å². The first-order valence-electron chi connectivity index (χ1n) is 14.7. The van der Waals surface area contributed by atoms with Crippen LogP contribution in [0.4, 0.5) is 4.79 Å². The molecule has 0 spiro atoms. The van der Waals surface area contributed by atoms with E-state index in [2.05, 4.69) is 15.5 Å². The average Bonchev–Trinajstić information content (AvgIpc) is 3.00. The molecule has 0 radical (unpaired) electrons. The third-order valence-electron chi connectivity index (χ3n) is 6.29. The number of amides is 1. The first-order chi connectivity index (χ1) is 20.6. The number of ether oxygens (including phenoxy) is 7. The number of carbonyl (C=O) groups excluding carboxylic acids is 1. The summed E-state index contributed by atoms with van der Waals surface area (Å²) in [4.78, 5) is 24.5. The van der Waals surface area contributed by atoms with Gasteiger partial charge in [-0.1, -0.05) is 30.3 Å². The van der Waals surface area contributed by atoms with Gasteiger partial charge >= 0.3 is 12.1 Å². The maximum atomic E-state index is 11.7. The van der Waals surface area contributed by atoms with Crippen molar-refractivity contribution in [3.05, 3.63) is 35.9 Å². The number of rotatable bonds is 25. The molecule has 1 aromatic rings. The molecule has 1 aromatic carbocycles. The van der Waals surface area contributed by atoms with Gasteiger partial charge < -0.3 is 48.9 Å². The van der Waals surface area contributed by atoms with Gasteiger partial charge in [0, 0.05) is 45.4 Å². The zero-order valence-corrected chi connectivity index (χ0v) is 24.8. The average molecular weight is 600 g/mol. The molecule has 2 rings (SSSR count). The number of alkyl carbamates (subject to hydrolysis) is 1. The number of carbonyl (C=O) groups is 2. The zero-order chi connectivity index (χ0) is 30.1. The predicted octanol–water partition coefficient (Wildman–Crippen LogP) is 1.50. The number of hydrogen-bond donors (Lipinski definition) is 3. The fraction of sp³-hybridized carbons (Fsp3) is 0.724. The number of hydrogen-bond acceptors (Lipinski definition) is 11. The summed E-state index contributed by atoms with van der Waals surface area (Å²) in [5, 5.41) is 14.7. The molecule has 13 heteroatoms. The first-order valence-corrected chi connectivity index (χ1v) is 14.7. The lowest BCUT2D eigenvalue weighted by atomic mass is 10.1. The van der Waals surface area contributed by atoms with Crippen molar-refractivity contribution < 1.29 is 47.9 Å². The van der Waals surface area contributed by atoms with E-state index >= 15 is 0 Å². The van der Waals surface area contributed by atoms with E-state index in [1.807, 2.05) is 37.3 Å². The van der Waals surface area contributed by atoms with Gasteiger partial charge in [-0.3, -0.25) is 9.69 Å². The smallest absolute Gasteiger partial charge is 0.407 e. The highest BCUT2D eigenvalue weighted by Gasteiger charge is 2.29. The fourth-order valence-electron chi connectivity index (χ4n) is 4.18. The van der Waals surface area contributed by atoms with E-state index in [4.69, 9.17) is 38.3 Å². The number of nitrogens with zero attached hydrogens (tertiary/aromatic N) is 1. The highest BCUT2D eigenvalue weighted by atomic mass is 16.6. The molecular formula is C29H49N3O10. The molecule has 42 heavy (non-hydrogen) atoms. The Labute approximate surface area is 249 Å². The number of nitrogens with one attached hydrogen (secondary N) is 2. The molecule has 0 bridgehead atoms.